The maximum Gasteiger partial charge on any atom is 0.142 e. The highest BCUT2D eigenvalue weighted by Gasteiger charge is 2.38. The summed E-state index contributed by atoms with van der Waals surface area (Å²) in [7, 11) is 0. The zero-order valence-electron chi connectivity index (χ0n) is 9.56. The van der Waals surface area contributed by atoms with E-state index in [0.29, 0.717) is 10.0 Å². The molecule has 0 aliphatic carbocycles. The lowest BCUT2D eigenvalue weighted by Gasteiger charge is -2.42. The molecule has 4 heteroatoms. The van der Waals surface area contributed by atoms with Crippen molar-refractivity contribution in [3.8, 4) is 5.75 Å². The van der Waals surface area contributed by atoms with E-state index in [1.54, 1.807) is 6.07 Å². The van der Waals surface area contributed by atoms with Crippen molar-refractivity contribution in [1.29, 1.82) is 0 Å². The number of benzene rings is 1. The average molecular weight is 272 g/mol. The van der Waals surface area contributed by atoms with Gasteiger partial charge in [-0.3, -0.25) is 0 Å². The fourth-order valence-electron chi connectivity index (χ4n) is 2.78. The van der Waals surface area contributed by atoms with Crippen LogP contribution in [-0.2, 0) is 6.42 Å². The minimum Gasteiger partial charge on any atom is -0.485 e. The fourth-order valence-corrected chi connectivity index (χ4v) is 3.35. The van der Waals surface area contributed by atoms with Crippen LogP contribution in [0.2, 0.25) is 10.0 Å². The van der Waals surface area contributed by atoms with Crippen molar-refractivity contribution in [3.63, 3.8) is 0 Å². The maximum absolute atomic E-state index is 6.22. The van der Waals surface area contributed by atoms with Crippen LogP contribution >= 0.6 is 23.2 Å². The smallest absolute Gasteiger partial charge is 0.142 e. The lowest BCUT2D eigenvalue weighted by molar-refractivity contribution is 0.0171. The number of aryl methyl sites for hydroxylation is 1. The molecule has 0 unspecified atom stereocenters. The van der Waals surface area contributed by atoms with Gasteiger partial charge in [-0.05, 0) is 56.5 Å². The van der Waals surface area contributed by atoms with Crippen LogP contribution in [0, 0.1) is 0 Å². The number of piperidine rings is 1. The van der Waals surface area contributed by atoms with E-state index in [9.17, 15) is 0 Å². The van der Waals surface area contributed by atoms with Crippen LogP contribution in [0.4, 0.5) is 0 Å². The summed E-state index contributed by atoms with van der Waals surface area (Å²) in [5.41, 5.74) is 1.14. The number of hydrogen-bond acceptors (Lipinski definition) is 2. The number of ether oxygens (including phenoxy) is 1. The summed E-state index contributed by atoms with van der Waals surface area (Å²) >= 11 is 12.2. The summed E-state index contributed by atoms with van der Waals surface area (Å²) in [6, 6.07) is 3.73. The van der Waals surface area contributed by atoms with E-state index in [1.165, 1.54) is 0 Å². The summed E-state index contributed by atoms with van der Waals surface area (Å²) in [5, 5.41) is 4.71. The van der Waals surface area contributed by atoms with Crippen LogP contribution in [0.1, 0.15) is 24.8 Å². The first-order valence-electron chi connectivity index (χ1n) is 6.06. The topological polar surface area (TPSA) is 21.3 Å². The maximum atomic E-state index is 6.22. The highest BCUT2D eigenvalue weighted by Crippen LogP contribution is 2.43. The van der Waals surface area contributed by atoms with Gasteiger partial charge >= 0.3 is 0 Å². The lowest BCUT2D eigenvalue weighted by Crippen LogP contribution is -2.48. The highest BCUT2D eigenvalue weighted by atomic mass is 35.5. The molecular weight excluding hydrogens is 257 g/mol. The molecule has 0 bridgehead atoms. The third-order valence-electron chi connectivity index (χ3n) is 3.77. The molecule has 1 aromatic carbocycles. The minimum atomic E-state index is -0.00425. The molecule has 0 saturated carbocycles. The van der Waals surface area contributed by atoms with Crippen molar-refractivity contribution in [2.24, 2.45) is 0 Å². The molecule has 2 nitrogen and oxygen atoms in total. The normalized spacial score (nSPS) is 22.0. The van der Waals surface area contributed by atoms with E-state index in [0.717, 1.165) is 50.1 Å². The van der Waals surface area contributed by atoms with Gasteiger partial charge in [-0.15, -0.1) is 0 Å². The number of rotatable bonds is 0. The van der Waals surface area contributed by atoms with E-state index >= 15 is 0 Å². The summed E-state index contributed by atoms with van der Waals surface area (Å²) in [5.74, 6) is 0.851. The third-order valence-corrected chi connectivity index (χ3v) is 4.27. The Hall–Kier alpha value is -0.440. The second-order valence-electron chi connectivity index (χ2n) is 4.91. The van der Waals surface area contributed by atoms with Crippen molar-refractivity contribution >= 4 is 23.2 Å². The summed E-state index contributed by atoms with van der Waals surface area (Å²) in [4.78, 5) is 0. The van der Waals surface area contributed by atoms with E-state index < -0.39 is 0 Å². The summed E-state index contributed by atoms with van der Waals surface area (Å²) < 4.78 is 6.22. The molecule has 2 heterocycles. The number of halogens is 2. The predicted molar refractivity (Wildman–Crippen MR) is 70.2 cm³/mol. The molecule has 1 saturated heterocycles. The van der Waals surface area contributed by atoms with Crippen molar-refractivity contribution in [2.75, 3.05) is 13.1 Å². The first-order valence-corrected chi connectivity index (χ1v) is 6.82. The van der Waals surface area contributed by atoms with Crippen LogP contribution in [0.25, 0.3) is 0 Å². The van der Waals surface area contributed by atoms with Crippen molar-refractivity contribution in [1.82, 2.24) is 5.32 Å². The summed E-state index contributed by atoms with van der Waals surface area (Å²) in [6.45, 7) is 2.06. The predicted octanol–water partition coefficient (Wildman–Crippen LogP) is 3.44. The number of fused-ring (bicyclic) bond motifs is 1. The molecule has 17 heavy (non-hydrogen) atoms. The molecule has 0 aromatic heterocycles. The highest BCUT2D eigenvalue weighted by molar-refractivity contribution is 6.35. The van der Waals surface area contributed by atoms with Gasteiger partial charge in [0, 0.05) is 5.02 Å². The Morgan fingerprint density at radius 1 is 1.12 bits per heavy atom. The Balaban J connectivity index is 1.94. The number of nitrogens with one attached hydrogen (secondary N) is 1. The Bertz CT molecular complexity index is 441. The van der Waals surface area contributed by atoms with Crippen LogP contribution < -0.4 is 10.1 Å². The molecular formula is C13H15Cl2NO. The van der Waals surface area contributed by atoms with Crippen LogP contribution in [0.3, 0.4) is 0 Å². The van der Waals surface area contributed by atoms with E-state index in [1.807, 2.05) is 6.07 Å². The van der Waals surface area contributed by atoms with Gasteiger partial charge in [0.2, 0.25) is 0 Å². The molecule has 2 aliphatic rings. The van der Waals surface area contributed by atoms with Crippen LogP contribution in [0.15, 0.2) is 12.1 Å². The molecule has 92 valence electrons. The third kappa shape index (κ3) is 2.14. The van der Waals surface area contributed by atoms with E-state index in [-0.39, 0.29) is 5.60 Å². The van der Waals surface area contributed by atoms with Gasteiger partial charge in [-0.2, -0.15) is 0 Å². The van der Waals surface area contributed by atoms with Crippen molar-refractivity contribution in [3.05, 3.63) is 27.7 Å². The Morgan fingerprint density at radius 2 is 1.88 bits per heavy atom. The van der Waals surface area contributed by atoms with Gasteiger partial charge in [-0.25, -0.2) is 0 Å². The quantitative estimate of drug-likeness (QED) is 0.781. The minimum absolute atomic E-state index is 0.00425. The number of hydrogen-bond donors (Lipinski definition) is 1. The van der Waals surface area contributed by atoms with E-state index in [2.05, 4.69) is 5.32 Å². The average Bonchev–Trinajstić information content (AvgIpc) is 2.32. The zero-order valence-corrected chi connectivity index (χ0v) is 11.1. The fraction of sp³-hybridized carbons (Fsp3) is 0.538. The van der Waals surface area contributed by atoms with E-state index in [4.69, 9.17) is 27.9 Å². The molecule has 2 aliphatic heterocycles. The first-order chi connectivity index (χ1) is 8.19. The Morgan fingerprint density at radius 3 is 2.65 bits per heavy atom. The molecule has 1 fully saturated rings. The SMILES string of the molecule is Clc1cc(Cl)c2c(c1)CCC1(CCNCC1)O2. The Kier molecular flexibility index (Phi) is 2.97. The van der Waals surface area contributed by atoms with Gasteiger partial charge in [-0.1, -0.05) is 23.2 Å². The van der Waals surface area contributed by atoms with Crippen LogP contribution in [-0.4, -0.2) is 18.7 Å². The monoisotopic (exact) mass is 271 g/mol. The van der Waals surface area contributed by atoms with Crippen molar-refractivity contribution < 1.29 is 4.74 Å². The molecule has 1 spiro atoms. The zero-order chi connectivity index (χ0) is 11.9. The van der Waals surface area contributed by atoms with Gasteiger partial charge < -0.3 is 10.1 Å². The van der Waals surface area contributed by atoms with Crippen LogP contribution in [0.5, 0.6) is 5.75 Å². The molecule has 1 aromatic rings. The second kappa shape index (κ2) is 4.34. The Labute approximate surface area is 111 Å². The molecule has 0 atom stereocenters. The lowest BCUT2D eigenvalue weighted by atomic mass is 9.84. The molecule has 1 N–H and O–H groups in total. The standard InChI is InChI=1S/C13H15Cl2NO/c14-10-7-9-1-2-13(3-5-16-6-4-13)17-12(9)11(15)8-10/h7-8,16H,1-6H2. The van der Waals surface area contributed by atoms with Gasteiger partial charge in [0.05, 0.1) is 5.02 Å². The first kappa shape index (κ1) is 11.6. The summed E-state index contributed by atoms with van der Waals surface area (Å²) in [6.07, 6.45) is 4.20. The molecule has 0 amide bonds. The van der Waals surface area contributed by atoms with Gasteiger partial charge in [0.1, 0.15) is 11.4 Å². The van der Waals surface area contributed by atoms with Crippen molar-refractivity contribution in [2.45, 2.75) is 31.3 Å². The molecule has 3 rings (SSSR count). The molecule has 0 radical (unpaired) electrons. The van der Waals surface area contributed by atoms with Gasteiger partial charge in [0.25, 0.3) is 0 Å². The second-order valence-corrected chi connectivity index (χ2v) is 5.75. The van der Waals surface area contributed by atoms with Gasteiger partial charge in [0.15, 0.2) is 0 Å². The largest absolute Gasteiger partial charge is 0.485 e.